The zero-order chi connectivity index (χ0) is 8.86. The Morgan fingerprint density at radius 3 is 2.17 bits per heavy atom. The molecule has 1 aliphatic carbocycles. The maximum Gasteiger partial charge on any atom is 0.0757 e. The summed E-state index contributed by atoms with van der Waals surface area (Å²) in [6, 6.07) is 0. The molecule has 72 valence electrons. The smallest absolute Gasteiger partial charge is 0.0757 e. The summed E-state index contributed by atoms with van der Waals surface area (Å²) in [4.78, 5) is 4.67. The van der Waals surface area contributed by atoms with Crippen molar-refractivity contribution in [3.8, 4) is 0 Å². The first-order valence-corrected chi connectivity index (χ1v) is 4.75. The summed E-state index contributed by atoms with van der Waals surface area (Å²) in [5, 5.41) is 9.26. The lowest BCUT2D eigenvalue weighted by atomic mass is 9.82. The molecule has 0 atom stereocenters. The molecule has 1 aliphatic rings. The molecule has 1 rings (SSSR count). The standard InChI is InChI=1S/C9H19NO2/c10-12-8-9(7-11)5-3-1-2-4-6-9/h11H,1-8,10H2. The molecule has 0 amide bonds. The Kier molecular flexibility index (Phi) is 3.98. The topological polar surface area (TPSA) is 55.5 Å². The lowest BCUT2D eigenvalue weighted by Gasteiger charge is -2.28. The minimum atomic E-state index is -0.0365. The van der Waals surface area contributed by atoms with Crippen molar-refractivity contribution in [3.05, 3.63) is 0 Å². The monoisotopic (exact) mass is 173 g/mol. The molecule has 3 N–H and O–H groups in total. The summed E-state index contributed by atoms with van der Waals surface area (Å²) < 4.78 is 0. The molecule has 0 spiro atoms. The highest BCUT2D eigenvalue weighted by atomic mass is 16.6. The largest absolute Gasteiger partial charge is 0.396 e. The van der Waals surface area contributed by atoms with E-state index in [0.29, 0.717) is 6.61 Å². The van der Waals surface area contributed by atoms with Gasteiger partial charge in [0, 0.05) is 5.41 Å². The Morgan fingerprint density at radius 2 is 1.75 bits per heavy atom. The average molecular weight is 173 g/mol. The lowest BCUT2D eigenvalue weighted by Crippen LogP contribution is -2.31. The molecular formula is C9H19NO2. The fourth-order valence-corrected chi connectivity index (χ4v) is 2.00. The van der Waals surface area contributed by atoms with E-state index < -0.39 is 0 Å². The van der Waals surface area contributed by atoms with E-state index in [-0.39, 0.29) is 12.0 Å². The molecule has 0 bridgehead atoms. The van der Waals surface area contributed by atoms with Gasteiger partial charge in [-0.1, -0.05) is 25.7 Å². The number of hydrogen-bond donors (Lipinski definition) is 2. The Bertz CT molecular complexity index is 120. The van der Waals surface area contributed by atoms with Crippen LogP contribution in [-0.4, -0.2) is 18.3 Å². The Labute approximate surface area is 73.9 Å². The van der Waals surface area contributed by atoms with Crippen LogP contribution in [0.3, 0.4) is 0 Å². The van der Waals surface area contributed by atoms with Gasteiger partial charge >= 0.3 is 0 Å². The first-order valence-electron chi connectivity index (χ1n) is 4.75. The molecule has 0 saturated heterocycles. The summed E-state index contributed by atoms with van der Waals surface area (Å²) >= 11 is 0. The second-order valence-corrected chi connectivity index (χ2v) is 3.88. The highest BCUT2D eigenvalue weighted by Gasteiger charge is 2.30. The molecule has 12 heavy (non-hydrogen) atoms. The van der Waals surface area contributed by atoms with E-state index in [0.717, 1.165) is 12.8 Å². The molecular weight excluding hydrogens is 154 g/mol. The van der Waals surface area contributed by atoms with Crippen LogP contribution in [-0.2, 0) is 4.84 Å². The highest BCUT2D eigenvalue weighted by molar-refractivity contribution is 4.80. The Morgan fingerprint density at radius 1 is 1.17 bits per heavy atom. The van der Waals surface area contributed by atoms with E-state index in [1.54, 1.807) is 0 Å². The van der Waals surface area contributed by atoms with Crippen LogP contribution in [0.2, 0.25) is 0 Å². The molecule has 1 fully saturated rings. The molecule has 3 heteroatoms. The van der Waals surface area contributed by atoms with Crippen LogP contribution in [0.25, 0.3) is 0 Å². The van der Waals surface area contributed by atoms with Gasteiger partial charge in [0.2, 0.25) is 0 Å². The second kappa shape index (κ2) is 4.80. The van der Waals surface area contributed by atoms with E-state index >= 15 is 0 Å². The number of nitrogens with two attached hydrogens (primary N) is 1. The third kappa shape index (κ3) is 2.44. The summed E-state index contributed by atoms with van der Waals surface area (Å²) in [7, 11) is 0. The van der Waals surface area contributed by atoms with Gasteiger partial charge in [-0.25, -0.2) is 5.90 Å². The van der Waals surface area contributed by atoms with Gasteiger partial charge in [-0.15, -0.1) is 0 Å². The fourth-order valence-electron chi connectivity index (χ4n) is 2.00. The summed E-state index contributed by atoms with van der Waals surface area (Å²) in [5.41, 5.74) is -0.0365. The first-order chi connectivity index (χ1) is 5.83. The highest BCUT2D eigenvalue weighted by Crippen LogP contribution is 2.34. The van der Waals surface area contributed by atoms with Gasteiger partial charge in [-0.2, -0.15) is 0 Å². The Hall–Kier alpha value is -0.120. The van der Waals surface area contributed by atoms with Crippen molar-refractivity contribution >= 4 is 0 Å². The van der Waals surface area contributed by atoms with Crippen LogP contribution in [0.4, 0.5) is 0 Å². The van der Waals surface area contributed by atoms with Crippen molar-refractivity contribution in [1.29, 1.82) is 0 Å². The van der Waals surface area contributed by atoms with Gasteiger partial charge in [0.1, 0.15) is 0 Å². The van der Waals surface area contributed by atoms with Gasteiger partial charge in [-0.3, -0.25) is 0 Å². The predicted molar refractivity (Wildman–Crippen MR) is 47.4 cm³/mol. The van der Waals surface area contributed by atoms with Crippen LogP contribution in [0.5, 0.6) is 0 Å². The van der Waals surface area contributed by atoms with E-state index in [1.807, 2.05) is 0 Å². The summed E-state index contributed by atoms with van der Waals surface area (Å²) in [5.74, 6) is 5.06. The SMILES string of the molecule is NOCC1(CO)CCCCCC1. The first kappa shape index (κ1) is 9.96. The van der Waals surface area contributed by atoms with Crippen LogP contribution in [0.15, 0.2) is 0 Å². The average Bonchev–Trinajstić information content (AvgIpc) is 2.32. The number of rotatable bonds is 3. The molecule has 1 saturated carbocycles. The zero-order valence-corrected chi connectivity index (χ0v) is 7.59. The van der Waals surface area contributed by atoms with Crippen molar-refractivity contribution in [2.75, 3.05) is 13.2 Å². The van der Waals surface area contributed by atoms with Crippen LogP contribution in [0.1, 0.15) is 38.5 Å². The molecule has 0 aliphatic heterocycles. The van der Waals surface area contributed by atoms with Crippen LogP contribution in [0, 0.1) is 5.41 Å². The van der Waals surface area contributed by atoms with Crippen molar-refractivity contribution in [2.24, 2.45) is 11.3 Å². The second-order valence-electron chi connectivity index (χ2n) is 3.88. The molecule has 0 radical (unpaired) electrons. The van der Waals surface area contributed by atoms with Gasteiger partial charge in [0.05, 0.1) is 13.2 Å². The van der Waals surface area contributed by atoms with E-state index in [1.165, 1.54) is 25.7 Å². The minimum absolute atomic E-state index is 0.0365. The fraction of sp³-hybridized carbons (Fsp3) is 1.00. The quantitative estimate of drug-likeness (QED) is 0.498. The molecule has 0 aromatic carbocycles. The van der Waals surface area contributed by atoms with E-state index in [9.17, 15) is 5.11 Å². The van der Waals surface area contributed by atoms with Crippen LogP contribution < -0.4 is 5.90 Å². The lowest BCUT2D eigenvalue weighted by molar-refractivity contribution is -0.00409. The molecule has 0 aromatic rings. The van der Waals surface area contributed by atoms with Gasteiger partial charge in [0.25, 0.3) is 0 Å². The Balaban J connectivity index is 2.48. The maximum absolute atomic E-state index is 9.26. The molecule has 3 nitrogen and oxygen atoms in total. The number of aliphatic hydroxyl groups is 1. The zero-order valence-electron chi connectivity index (χ0n) is 7.59. The number of hydrogen-bond acceptors (Lipinski definition) is 3. The van der Waals surface area contributed by atoms with Crippen LogP contribution >= 0.6 is 0 Å². The van der Waals surface area contributed by atoms with Gasteiger partial charge in [0.15, 0.2) is 0 Å². The normalized spacial score (nSPS) is 23.5. The number of aliphatic hydroxyl groups excluding tert-OH is 1. The molecule has 0 heterocycles. The summed E-state index contributed by atoms with van der Waals surface area (Å²) in [6.07, 6.45) is 7.08. The minimum Gasteiger partial charge on any atom is -0.396 e. The van der Waals surface area contributed by atoms with E-state index in [4.69, 9.17) is 5.90 Å². The molecule has 0 unspecified atom stereocenters. The maximum atomic E-state index is 9.26. The predicted octanol–water partition coefficient (Wildman–Crippen LogP) is 1.21. The van der Waals surface area contributed by atoms with Crippen molar-refractivity contribution in [1.82, 2.24) is 0 Å². The molecule has 0 aromatic heterocycles. The third-order valence-electron chi connectivity index (χ3n) is 2.89. The van der Waals surface area contributed by atoms with Crippen molar-refractivity contribution in [2.45, 2.75) is 38.5 Å². The van der Waals surface area contributed by atoms with Crippen molar-refractivity contribution < 1.29 is 9.94 Å². The van der Waals surface area contributed by atoms with Gasteiger partial charge < -0.3 is 9.94 Å². The summed E-state index contributed by atoms with van der Waals surface area (Å²) in [6.45, 7) is 0.716. The van der Waals surface area contributed by atoms with Gasteiger partial charge in [-0.05, 0) is 12.8 Å². The van der Waals surface area contributed by atoms with E-state index in [2.05, 4.69) is 4.84 Å². The van der Waals surface area contributed by atoms with Crippen molar-refractivity contribution in [3.63, 3.8) is 0 Å². The third-order valence-corrected chi connectivity index (χ3v) is 2.89.